The predicted molar refractivity (Wildman–Crippen MR) is 139 cm³/mol. The summed E-state index contributed by atoms with van der Waals surface area (Å²) in [6.45, 7) is 5.92. The second-order valence-corrected chi connectivity index (χ2v) is 9.48. The summed E-state index contributed by atoms with van der Waals surface area (Å²) in [7, 11) is 1.50. The molecule has 0 fully saturated rings. The summed E-state index contributed by atoms with van der Waals surface area (Å²) in [5.74, 6) is 0.0229. The Labute approximate surface area is 210 Å². The van der Waals surface area contributed by atoms with Crippen molar-refractivity contribution in [3.05, 3.63) is 77.9 Å². The molecule has 0 saturated heterocycles. The molecule has 1 aliphatic rings. The minimum absolute atomic E-state index is 0.132. The molecule has 4 rings (SSSR count). The molecule has 0 atom stereocenters. The van der Waals surface area contributed by atoms with Crippen LogP contribution < -0.4 is 25.0 Å². The van der Waals surface area contributed by atoms with Crippen LogP contribution in [0.15, 0.2) is 66.7 Å². The SMILES string of the molecule is COc1ccc(NC(=O)CN2C(=O)COc3ccc(C(C)(C)C)cc32)cc1NC(=O)c1ccccc1. The van der Waals surface area contributed by atoms with Gasteiger partial charge in [0.15, 0.2) is 6.61 Å². The van der Waals surface area contributed by atoms with Crippen molar-refractivity contribution >= 4 is 34.8 Å². The first kappa shape index (κ1) is 24.8. The number of carbonyl (C=O) groups is 3. The van der Waals surface area contributed by atoms with Crippen LogP contribution >= 0.6 is 0 Å². The highest BCUT2D eigenvalue weighted by molar-refractivity contribution is 6.07. The van der Waals surface area contributed by atoms with Crippen LogP contribution in [-0.4, -0.2) is 38.0 Å². The van der Waals surface area contributed by atoms with Crippen molar-refractivity contribution in [2.24, 2.45) is 0 Å². The molecule has 2 N–H and O–H groups in total. The summed E-state index contributed by atoms with van der Waals surface area (Å²) < 4.78 is 10.9. The Bertz CT molecular complexity index is 1300. The number of rotatable bonds is 6. The highest BCUT2D eigenvalue weighted by atomic mass is 16.5. The van der Waals surface area contributed by atoms with E-state index < -0.39 is 0 Å². The molecule has 0 unspecified atom stereocenters. The number of benzene rings is 3. The van der Waals surface area contributed by atoms with Crippen molar-refractivity contribution in [1.82, 2.24) is 0 Å². The molecule has 1 heterocycles. The topological polar surface area (TPSA) is 97.0 Å². The van der Waals surface area contributed by atoms with Crippen molar-refractivity contribution in [2.45, 2.75) is 26.2 Å². The Morgan fingerprint density at radius 3 is 2.44 bits per heavy atom. The minimum Gasteiger partial charge on any atom is -0.495 e. The third-order valence-corrected chi connectivity index (χ3v) is 5.84. The van der Waals surface area contributed by atoms with Crippen LogP contribution in [0, 0.1) is 0 Å². The zero-order valence-corrected chi connectivity index (χ0v) is 20.8. The van der Waals surface area contributed by atoms with Crippen molar-refractivity contribution in [3.63, 3.8) is 0 Å². The second-order valence-electron chi connectivity index (χ2n) is 9.48. The lowest BCUT2D eigenvalue weighted by atomic mass is 9.86. The zero-order valence-electron chi connectivity index (χ0n) is 20.8. The average Bonchev–Trinajstić information content (AvgIpc) is 2.85. The van der Waals surface area contributed by atoms with Gasteiger partial charge in [0.1, 0.15) is 18.0 Å². The van der Waals surface area contributed by atoms with Crippen LogP contribution in [-0.2, 0) is 15.0 Å². The van der Waals surface area contributed by atoms with Crippen LogP contribution in [0.25, 0.3) is 0 Å². The van der Waals surface area contributed by atoms with Gasteiger partial charge in [-0.2, -0.15) is 0 Å². The molecule has 0 radical (unpaired) electrons. The zero-order chi connectivity index (χ0) is 25.9. The number of hydrogen-bond acceptors (Lipinski definition) is 5. The number of nitrogens with one attached hydrogen (secondary N) is 2. The highest BCUT2D eigenvalue weighted by Gasteiger charge is 2.29. The number of amides is 3. The van der Waals surface area contributed by atoms with Crippen LogP contribution in [0.4, 0.5) is 17.1 Å². The van der Waals surface area contributed by atoms with Crippen LogP contribution in [0.1, 0.15) is 36.7 Å². The fraction of sp³-hybridized carbons (Fsp3) is 0.250. The molecular weight excluding hydrogens is 458 g/mol. The average molecular weight is 488 g/mol. The van der Waals surface area contributed by atoms with Gasteiger partial charge in [0.05, 0.1) is 18.5 Å². The first-order valence-electron chi connectivity index (χ1n) is 11.6. The maximum absolute atomic E-state index is 13.0. The van der Waals surface area contributed by atoms with Gasteiger partial charge in [-0.1, -0.05) is 45.0 Å². The number of ether oxygens (including phenoxy) is 2. The molecule has 1 aliphatic heterocycles. The summed E-state index contributed by atoms with van der Waals surface area (Å²) in [5.41, 5.74) is 2.82. The Balaban J connectivity index is 1.52. The standard InChI is InChI=1S/C28H29N3O5/c1-28(2,3)19-10-12-24-22(14-19)31(26(33)17-36-24)16-25(32)29-20-11-13-23(35-4)21(15-20)30-27(34)18-8-6-5-7-9-18/h5-15H,16-17H2,1-4H3,(H,29,32)(H,30,34). The molecule has 36 heavy (non-hydrogen) atoms. The van der Waals surface area contributed by atoms with Crippen molar-refractivity contribution in [2.75, 3.05) is 35.8 Å². The van der Waals surface area contributed by atoms with Crippen molar-refractivity contribution < 1.29 is 23.9 Å². The molecule has 3 aromatic carbocycles. The molecule has 0 aromatic heterocycles. The van der Waals surface area contributed by atoms with E-state index in [9.17, 15) is 14.4 Å². The van der Waals surface area contributed by atoms with E-state index in [-0.39, 0.29) is 36.3 Å². The molecule has 0 spiro atoms. The van der Waals surface area contributed by atoms with E-state index in [2.05, 4.69) is 31.4 Å². The fourth-order valence-electron chi connectivity index (χ4n) is 3.85. The van der Waals surface area contributed by atoms with Gasteiger partial charge in [0.25, 0.3) is 11.8 Å². The predicted octanol–water partition coefficient (Wildman–Crippen LogP) is 4.61. The largest absolute Gasteiger partial charge is 0.495 e. The highest BCUT2D eigenvalue weighted by Crippen LogP contribution is 2.36. The summed E-state index contributed by atoms with van der Waals surface area (Å²) in [6.07, 6.45) is 0. The van der Waals surface area contributed by atoms with Gasteiger partial charge in [-0.25, -0.2) is 0 Å². The normalized spacial score (nSPS) is 12.9. The number of nitrogens with zero attached hydrogens (tertiary/aromatic N) is 1. The molecule has 8 heteroatoms. The maximum atomic E-state index is 13.0. The lowest BCUT2D eigenvalue weighted by molar-refractivity contribution is -0.123. The number of fused-ring (bicyclic) bond motifs is 1. The Morgan fingerprint density at radius 2 is 1.75 bits per heavy atom. The molecule has 0 aliphatic carbocycles. The third-order valence-electron chi connectivity index (χ3n) is 5.84. The Morgan fingerprint density at radius 1 is 1.00 bits per heavy atom. The van der Waals surface area contributed by atoms with Crippen LogP contribution in [0.2, 0.25) is 0 Å². The van der Waals surface area contributed by atoms with Crippen molar-refractivity contribution in [1.29, 1.82) is 0 Å². The van der Waals surface area contributed by atoms with Crippen LogP contribution in [0.3, 0.4) is 0 Å². The first-order valence-corrected chi connectivity index (χ1v) is 11.6. The lowest BCUT2D eigenvalue weighted by Crippen LogP contribution is -2.43. The molecule has 3 amide bonds. The van der Waals surface area contributed by atoms with Gasteiger partial charge in [0.2, 0.25) is 5.91 Å². The Kier molecular flexibility index (Phi) is 6.96. The van der Waals surface area contributed by atoms with Gasteiger partial charge in [-0.15, -0.1) is 0 Å². The fourth-order valence-corrected chi connectivity index (χ4v) is 3.85. The van der Waals surface area contributed by atoms with Gasteiger partial charge in [0, 0.05) is 11.3 Å². The van der Waals surface area contributed by atoms with E-state index in [1.54, 1.807) is 42.5 Å². The molecule has 0 bridgehead atoms. The van der Waals surface area contributed by atoms with Crippen LogP contribution in [0.5, 0.6) is 11.5 Å². The third kappa shape index (κ3) is 5.49. The van der Waals surface area contributed by atoms with Gasteiger partial charge < -0.3 is 20.1 Å². The minimum atomic E-state index is -0.386. The van der Waals surface area contributed by atoms with E-state index >= 15 is 0 Å². The van der Waals surface area contributed by atoms with E-state index in [0.717, 1.165) is 5.56 Å². The van der Waals surface area contributed by atoms with E-state index in [0.29, 0.717) is 34.1 Å². The summed E-state index contributed by atoms with van der Waals surface area (Å²) in [4.78, 5) is 39.7. The summed E-state index contributed by atoms with van der Waals surface area (Å²) >= 11 is 0. The van der Waals surface area contributed by atoms with E-state index in [4.69, 9.17) is 9.47 Å². The quantitative estimate of drug-likeness (QED) is 0.529. The molecule has 8 nitrogen and oxygen atoms in total. The number of methoxy groups -OCH3 is 1. The second kappa shape index (κ2) is 10.1. The van der Waals surface area contributed by atoms with Gasteiger partial charge >= 0.3 is 0 Å². The first-order chi connectivity index (χ1) is 17.2. The van der Waals surface area contributed by atoms with Gasteiger partial charge in [-0.05, 0) is 53.4 Å². The van der Waals surface area contributed by atoms with Crippen molar-refractivity contribution in [3.8, 4) is 11.5 Å². The monoisotopic (exact) mass is 487 g/mol. The molecule has 3 aromatic rings. The molecule has 186 valence electrons. The number of hydrogen-bond donors (Lipinski definition) is 2. The Hall–Kier alpha value is -4.33. The number of carbonyl (C=O) groups excluding carboxylic acids is 3. The van der Waals surface area contributed by atoms with Gasteiger partial charge in [-0.3, -0.25) is 19.3 Å². The van der Waals surface area contributed by atoms with E-state index in [1.807, 2.05) is 24.3 Å². The number of anilines is 3. The lowest BCUT2D eigenvalue weighted by Gasteiger charge is -2.31. The molecular formula is C28H29N3O5. The smallest absolute Gasteiger partial charge is 0.265 e. The molecule has 0 saturated carbocycles. The summed E-state index contributed by atoms with van der Waals surface area (Å²) in [5, 5.41) is 5.63. The maximum Gasteiger partial charge on any atom is 0.265 e. The summed E-state index contributed by atoms with van der Waals surface area (Å²) in [6, 6.07) is 19.4. The van der Waals surface area contributed by atoms with E-state index in [1.165, 1.54) is 12.0 Å².